The van der Waals surface area contributed by atoms with Crippen molar-refractivity contribution in [3.05, 3.63) is 35.4 Å². The fourth-order valence-electron chi connectivity index (χ4n) is 2.74. The molecule has 0 unspecified atom stereocenters. The predicted molar refractivity (Wildman–Crippen MR) is 61.3 cm³/mol. The number of hydrogen-bond acceptors (Lipinski definition) is 3. The number of benzene rings is 1. The second kappa shape index (κ2) is 4.17. The second-order valence-electron chi connectivity index (χ2n) is 4.46. The Kier molecular flexibility index (Phi) is 2.67. The molecular formula is C13H17NO2. The van der Waals surface area contributed by atoms with Crippen LogP contribution in [0.1, 0.15) is 29.8 Å². The molecule has 3 heteroatoms. The largest absolute Gasteiger partial charge is 0.348 e. The summed E-state index contributed by atoms with van der Waals surface area (Å²) in [6.07, 6.45) is 1.17. The van der Waals surface area contributed by atoms with E-state index in [2.05, 4.69) is 29.6 Å². The first-order valence-corrected chi connectivity index (χ1v) is 5.90. The Labute approximate surface area is 95.8 Å². The molecule has 2 aliphatic rings. The van der Waals surface area contributed by atoms with E-state index in [1.165, 1.54) is 11.1 Å². The van der Waals surface area contributed by atoms with Crippen LogP contribution in [0.15, 0.2) is 24.3 Å². The van der Waals surface area contributed by atoms with Crippen molar-refractivity contribution in [1.82, 2.24) is 5.32 Å². The average molecular weight is 219 g/mol. The fourth-order valence-corrected chi connectivity index (χ4v) is 2.74. The van der Waals surface area contributed by atoms with Crippen molar-refractivity contribution >= 4 is 0 Å². The summed E-state index contributed by atoms with van der Waals surface area (Å²) in [5.41, 5.74) is 2.59. The lowest BCUT2D eigenvalue weighted by Crippen LogP contribution is -2.40. The van der Waals surface area contributed by atoms with E-state index < -0.39 is 0 Å². The molecule has 0 aromatic heterocycles. The normalized spacial score (nSPS) is 32.2. The van der Waals surface area contributed by atoms with Gasteiger partial charge in [0, 0.05) is 18.0 Å². The quantitative estimate of drug-likeness (QED) is 0.823. The van der Waals surface area contributed by atoms with Gasteiger partial charge < -0.3 is 14.8 Å². The molecular weight excluding hydrogens is 202 g/mol. The maximum Gasteiger partial charge on any atom is 0.184 e. The molecule has 2 aliphatic heterocycles. The van der Waals surface area contributed by atoms with Crippen LogP contribution in [0.3, 0.4) is 0 Å². The standard InChI is InChI=1S/C13H17NO2/c1-14-8-11-9-4-2-3-5-10(9)13-15-7-6-12(11)16-13/h2-5,11-14H,6-8H2,1H3/t11-,12+,13+/m1/s1. The van der Waals surface area contributed by atoms with Crippen LogP contribution in [-0.4, -0.2) is 26.3 Å². The lowest BCUT2D eigenvalue weighted by atomic mass is 9.84. The molecule has 86 valence electrons. The summed E-state index contributed by atoms with van der Waals surface area (Å²) in [4.78, 5) is 0. The summed E-state index contributed by atoms with van der Waals surface area (Å²) in [5, 5.41) is 3.26. The molecule has 0 spiro atoms. The molecule has 0 radical (unpaired) electrons. The van der Waals surface area contributed by atoms with Crippen molar-refractivity contribution in [2.45, 2.75) is 24.7 Å². The van der Waals surface area contributed by atoms with E-state index in [1.807, 2.05) is 7.05 Å². The van der Waals surface area contributed by atoms with Crippen LogP contribution in [0.5, 0.6) is 0 Å². The van der Waals surface area contributed by atoms with Gasteiger partial charge in [-0.05, 0) is 19.0 Å². The molecule has 1 N–H and O–H groups in total. The van der Waals surface area contributed by atoms with Gasteiger partial charge in [-0.1, -0.05) is 24.3 Å². The van der Waals surface area contributed by atoms with Gasteiger partial charge in [-0.2, -0.15) is 0 Å². The Morgan fingerprint density at radius 3 is 2.94 bits per heavy atom. The summed E-state index contributed by atoms with van der Waals surface area (Å²) in [5.74, 6) is 0.460. The summed E-state index contributed by atoms with van der Waals surface area (Å²) in [6.45, 7) is 1.78. The lowest BCUT2D eigenvalue weighted by Gasteiger charge is -2.41. The number of ether oxygens (including phenoxy) is 2. The number of hydrogen-bond donors (Lipinski definition) is 1. The molecule has 1 aromatic carbocycles. The molecule has 16 heavy (non-hydrogen) atoms. The van der Waals surface area contributed by atoms with Gasteiger partial charge in [0.05, 0.1) is 12.7 Å². The summed E-state index contributed by atoms with van der Waals surface area (Å²) in [6, 6.07) is 8.47. The molecule has 2 heterocycles. The van der Waals surface area contributed by atoms with Crippen LogP contribution >= 0.6 is 0 Å². The summed E-state index contributed by atoms with van der Waals surface area (Å²) >= 11 is 0. The molecule has 3 nitrogen and oxygen atoms in total. The minimum absolute atomic E-state index is 0.136. The van der Waals surface area contributed by atoms with E-state index in [9.17, 15) is 0 Å². The first-order valence-electron chi connectivity index (χ1n) is 5.90. The topological polar surface area (TPSA) is 30.5 Å². The van der Waals surface area contributed by atoms with Crippen molar-refractivity contribution in [1.29, 1.82) is 0 Å². The van der Waals surface area contributed by atoms with Gasteiger partial charge in [0.15, 0.2) is 6.29 Å². The SMILES string of the molecule is CNC[C@@H]1c2ccccc2[C@H]2OCC[C@@H]1O2. The van der Waals surface area contributed by atoms with E-state index in [0.29, 0.717) is 12.0 Å². The zero-order chi connectivity index (χ0) is 11.0. The number of likely N-dealkylation sites (N-methyl/N-ethyl adjacent to an activating group) is 1. The van der Waals surface area contributed by atoms with Crippen LogP contribution in [0.2, 0.25) is 0 Å². The third-order valence-electron chi connectivity index (χ3n) is 3.49. The molecule has 2 bridgehead atoms. The van der Waals surface area contributed by atoms with Crippen LogP contribution in [0.25, 0.3) is 0 Å². The van der Waals surface area contributed by atoms with Crippen molar-refractivity contribution in [3.63, 3.8) is 0 Å². The fraction of sp³-hybridized carbons (Fsp3) is 0.538. The summed E-state index contributed by atoms with van der Waals surface area (Å²) in [7, 11) is 1.99. The van der Waals surface area contributed by atoms with Crippen molar-refractivity contribution < 1.29 is 9.47 Å². The third-order valence-corrected chi connectivity index (χ3v) is 3.49. The van der Waals surface area contributed by atoms with Crippen molar-refractivity contribution in [2.24, 2.45) is 0 Å². The van der Waals surface area contributed by atoms with E-state index in [0.717, 1.165) is 19.6 Å². The Morgan fingerprint density at radius 1 is 1.31 bits per heavy atom. The van der Waals surface area contributed by atoms with Crippen LogP contribution in [0, 0.1) is 0 Å². The molecule has 0 aliphatic carbocycles. The van der Waals surface area contributed by atoms with Gasteiger partial charge in [-0.3, -0.25) is 0 Å². The monoisotopic (exact) mass is 219 g/mol. The van der Waals surface area contributed by atoms with Gasteiger partial charge in [0.25, 0.3) is 0 Å². The summed E-state index contributed by atoms with van der Waals surface area (Å²) < 4.78 is 11.6. The van der Waals surface area contributed by atoms with Gasteiger partial charge in [0.1, 0.15) is 0 Å². The highest BCUT2D eigenvalue weighted by molar-refractivity contribution is 5.35. The first kappa shape index (κ1) is 10.3. The number of rotatable bonds is 2. The Morgan fingerprint density at radius 2 is 2.12 bits per heavy atom. The zero-order valence-electron chi connectivity index (χ0n) is 9.48. The molecule has 1 aromatic rings. The highest BCUT2D eigenvalue weighted by Crippen LogP contribution is 2.41. The second-order valence-corrected chi connectivity index (χ2v) is 4.46. The zero-order valence-corrected chi connectivity index (χ0v) is 9.48. The highest BCUT2D eigenvalue weighted by atomic mass is 16.7. The highest BCUT2D eigenvalue weighted by Gasteiger charge is 2.38. The average Bonchev–Trinajstić information content (AvgIpc) is 2.35. The lowest BCUT2D eigenvalue weighted by molar-refractivity contribution is -0.231. The molecule has 1 fully saturated rings. The predicted octanol–water partition coefficient (Wildman–Crippen LogP) is 1.81. The maximum atomic E-state index is 5.95. The number of fused-ring (bicyclic) bond motifs is 4. The maximum absolute atomic E-state index is 5.95. The molecule has 0 amide bonds. The van der Waals surface area contributed by atoms with E-state index in [-0.39, 0.29) is 6.29 Å². The van der Waals surface area contributed by atoms with Crippen LogP contribution < -0.4 is 5.32 Å². The van der Waals surface area contributed by atoms with Gasteiger partial charge in [-0.15, -0.1) is 0 Å². The Hall–Kier alpha value is -0.900. The molecule has 0 saturated carbocycles. The van der Waals surface area contributed by atoms with E-state index in [4.69, 9.17) is 9.47 Å². The smallest absolute Gasteiger partial charge is 0.184 e. The Balaban J connectivity index is 2.02. The van der Waals surface area contributed by atoms with E-state index >= 15 is 0 Å². The minimum atomic E-state index is -0.136. The van der Waals surface area contributed by atoms with Gasteiger partial charge in [-0.25, -0.2) is 0 Å². The van der Waals surface area contributed by atoms with Gasteiger partial charge >= 0.3 is 0 Å². The third kappa shape index (κ3) is 1.56. The Bertz CT molecular complexity index is 380. The van der Waals surface area contributed by atoms with Crippen molar-refractivity contribution in [2.75, 3.05) is 20.2 Å². The van der Waals surface area contributed by atoms with Crippen molar-refractivity contribution in [3.8, 4) is 0 Å². The van der Waals surface area contributed by atoms with Gasteiger partial charge in [0.2, 0.25) is 0 Å². The number of nitrogens with one attached hydrogen (secondary N) is 1. The molecule has 3 atom stereocenters. The minimum Gasteiger partial charge on any atom is -0.348 e. The first-order chi connectivity index (χ1) is 7.90. The van der Waals surface area contributed by atoms with Crippen LogP contribution in [-0.2, 0) is 9.47 Å². The molecule has 1 saturated heterocycles. The van der Waals surface area contributed by atoms with E-state index in [1.54, 1.807) is 0 Å². The van der Waals surface area contributed by atoms with Crippen LogP contribution in [0.4, 0.5) is 0 Å². The molecule has 3 rings (SSSR count).